The summed E-state index contributed by atoms with van der Waals surface area (Å²) in [6.07, 6.45) is 6.08. The molecule has 2 rings (SSSR count). The quantitative estimate of drug-likeness (QED) is 0.531. The van der Waals surface area contributed by atoms with Crippen LogP contribution in [0.4, 0.5) is 0 Å². The monoisotopic (exact) mass is 124 g/mol. The van der Waals surface area contributed by atoms with E-state index in [0.29, 0.717) is 0 Å². The molecule has 0 aliphatic heterocycles. The van der Waals surface area contributed by atoms with E-state index in [4.69, 9.17) is 0 Å². The molecule has 2 saturated carbocycles. The van der Waals surface area contributed by atoms with Crippen molar-refractivity contribution in [1.29, 1.82) is 0 Å². The molecule has 0 aromatic carbocycles. The van der Waals surface area contributed by atoms with Gasteiger partial charge in [-0.1, -0.05) is 20.3 Å². The van der Waals surface area contributed by atoms with Gasteiger partial charge in [0.05, 0.1) is 0 Å². The summed E-state index contributed by atoms with van der Waals surface area (Å²) < 4.78 is 0. The maximum Gasteiger partial charge on any atom is -0.0263 e. The topological polar surface area (TPSA) is 0 Å². The maximum atomic E-state index is 2.41. The zero-order valence-corrected chi connectivity index (χ0v) is 6.48. The second-order valence-electron chi connectivity index (χ2n) is 4.06. The molecular weight excluding hydrogens is 108 g/mol. The van der Waals surface area contributed by atoms with E-state index < -0.39 is 0 Å². The van der Waals surface area contributed by atoms with Gasteiger partial charge in [-0.05, 0) is 36.5 Å². The molecule has 0 aromatic rings. The van der Waals surface area contributed by atoms with E-state index in [1.165, 1.54) is 6.42 Å². The third-order valence-corrected chi connectivity index (χ3v) is 3.48. The molecule has 0 N–H and O–H groups in total. The lowest BCUT2D eigenvalue weighted by molar-refractivity contribution is 0.455. The first kappa shape index (κ1) is 5.76. The van der Waals surface area contributed by atoms with Gasteiger partial charge in [-0.2, -0.15) is 0 Å². The number of rotatable bonds is 2. The van der Waals surface area contributed by atoms with Gasteiger partial charge < -0.3 is 0 Å². The van der Waals surface area contributed by atoms with E-state index in [0.717, 1.165) is 17.3 Å². The second-order valence-corrected chi connectivity index (χ2v) is 4.06. The molecule has 52 valence electrons. The van der Waals surface area contributed by atoms with Crippen LogP contribution in [0.25, 0.3) is 0 Å². The molecule has 0 nitrogen and oxygen atoms in total. The van der Waals surface area contributed by atoms with Gasteiger partial charge in [-0.15, -0.1) is 0 Å². The molecule has 2 fully saturated rings. The molecule has 2 aliphatic rings. The minimum Gasteiger partial charge on any atom is -0.0651 e. The molecule has 2 unspecified atom stereocenters. The van der Waals surface area contributed by atoms with Crippen LogP contribution in [0.15, 0.2) is 0 Å². The molecule has 0 aromatic heterocycles. The predicted molar refractivity (Wildman–Crippen MR) is 39.2 cm³/mol. The molecular formula is C9H16. The Morgan fingerprint density at radius 3 is 2.56 bits per heavy atom. The van der Waals surface area contributed by atoms with E-state index in [1.54, 1.807) is 19.3 Å². The third-order valence-electron chi connectivity index (χ3n) is 3.48. The lowest BCUT2D eigenvalue weighted by Crippen LogP contribution is -1.96. The highest BCUT2D eigenvalue weighted by Crippen LogP contribution is 2.73. The first-order valence-corrected chi connectivity index (χ1v) is 4.28. The van der Waals surface area contributed by atoms with Gasteiger partial charge in [-0.25, -0.2) is 0 Å². The van der Waals surface area contributed by atoms with E-state index in [9.17, 15) is 0 Å². The van der Waals surface area contributed by atoms with Crippen LogP contribution in [-0.4, -0.2) is 0 Å². The third kappa shape index (κ3) is 0.720. The van der Waals surface area contributed by atoms with Crippen molar-refractivity contribution in [3.63, 3.8) is 0 Å². The molecule has 2 atom stereocenters. The summed E-state index contributed by atoms with van der Waals surface area (Å²) in [5.74, 6) is 2.16. The van der Waals surface area contributed by atoms with Crippen LogP contribution in [0.1, 0.15) is 39.5 Å². The lowest BCUT2D eigenvalue weighted by Gasteiger charge is -2.04. The molecule has 0 heterocycles. The zero-order valence-electron chi connectivity index (χ0n) is 6.48. The van der Waals surface area contributed by atoms with Crippen LogP contribution < -0.4 is 0 Å². The summed E-state index contributed by atoms with van der Waals surface area (Å²) in [5, 5.41) is 0. The Bertz CT molecular complexity index is 122. The molecule has 0 bridgehead atoms. The maximum absolute atomic E-state index is 2.41. The summed E-state index contributed by atoms with van der Waals surface area (Å²) in [7, 11) is 0. The van der Waals surface area contributed by atoms with Gasteiger partial charge in [0, 0.05) is 0 Å². The van der Waals surface area contributed by atoms with Crippen molar-refractivity contribution in [2.75, 3.05) is 0 Å². The zero-order chi connectivity index (χ0) is 6.48. The Morgan fingerprint density at radius 2 is 2.22 bits per heavy atom. The fraction of sp³-hybridized carbons (Fsp3) is 1.00. The molecule has 0 amide bonds. The minimum atomic E-state index is 0.940. The van der Waals surface area contributed by atoms with Crippen molar-refractivity contribution in [2.45, 2.75) is 39.5 Å². The normalized spacial score (nSPS) is 38.7. The second kappa shape index (κ2) is 1.53. The van der Waals surface area contributed by atoms with Crippen LogP contribution in [0.2, 0.25) is 0 Å². The average Bonchev–Trinajstić information content (AvgIpc) is 2.74. The molecule has 0 radical (unpaired) electrons. The van der Waals surface area contributed by atoms with Crippen LogP contribution >= 0.6 is 0 Å². The Morgan fingerprint density at radius 1 is 1.56 bits per heavy atom. The Kier molecular flexibility index (Phi) is 0.980. The smallest absolute Gasteiger partial charge is 0.0263 e. The van der Waals surface area contributed by atoms with Gasteiger partial charge in [0.1, 0.15) is 0 Å². The molecule has 0 saturated heterocycles. The number of hydrogen-bond acceptors (Lipinski definition) is 0. The van der Waals surface area contributed by atoms with E-state index in [2.05, 4.69) is 13.8 Å². The lowest BCUT2D eigenvalue weighted by atomic mass is 10.0. The highest BCUT2D eigenvalue weighted by molar-refractivity contribution is 5.13. The van der Waals surface area contributed by atoms with Crippen LogP contribution in [0.5, 0.6) is 0 Å². The molecule has 0 heteroatoms. The molecule has 2 aliphatic carbocycles. The molecule has 9 heavy (non-hydrogen) atoms. The largest absolute Gasteiger partial charge is 0.0651 e. The standard InChI is InChI=1S/C9H16/c1-3-7(2)8-6-9(8)4-5-9/h7-8H,3-6H2,1-2H3. The van der Waals surface area contributed by atoms with Gasteiger partial charge in [0.2, 0.25) is 0 Å². The highest BCUT2D eigenvalue weighted by Gasteiger charge is 2.63. The SMILES string of the molecule is CCC(C)C1CC12CC2. The van der Waals surface area contributed by atoms with Crippen molar-refractivity contribution >= 4 is 0 Å². The van der Waals surface area contributed by atoms with E-state index in [1.807, 2.05) is 0 Å². The first-order valence-electron chi connectivity index (χ1n) is 4.28. The Labute approximate surface area is 57.6 Å². The average molecular weight is 124 g/mol. The Balaban J connectivity index is 1.89. The van der Waals surface area contributed by atoms with Gasteiger partial charge >= 0.3 is 0 Å². The van der Waals surface area contributed by atoms with Crippen molar-refractivity contribution in [3.8, 4) is 0 Å². The van der Waals surface area contributed by atoms with Crippen LogP contribution in [-0.2, 0) is 0 Å². The summed E-state index contributed by atoms with van der Waals surface area (Å²) in [6, 6.07) is 0. The molecule has 1 spiro atoms. The summed E-state index contributed by atoms with van der Waals surface area (Å²) >= 11 is 0. The Hall–Kier alpha value is 0. The first-order chi connectivity index (χ1) is 4.28. The highest BCUT2D eigenvalue weighted by atomic mass is 14.7. The minimum absolute atomic E-state index is 0.940. The van der Waals surface area contributed by atoms with Gasteiger partial charge in [-0.3, -0.25) is 0 Å². The van der Waals surface area contributed by atoms with E-state index in [-0.39, 0.29) is 0 Å². The van der Waals surface area contributed by atoms with Crippen molar-refractivity contribution in [3.05, 3.63) is 0 Å². The summed E-state index contributed by atoms with van der Waals surface area (Å²) in [4.78, 5) is 0. The number of hydrogen-bond donors (Lipinski definition) is 0. The fourth-order valence-corrected chi connectivity index (χ4v) is 2.20. The van der Waals surface area contributed by atoms with Crippen LogP contribution in [0.3, 0.4) is 0 Å². The van der Waals surface area contributed by atoms with Crippen molar-refractivity contribution in [2.24, 2.45) is 17.3 Å². The van der Waals surface area contributed by atoms with Gasteiger partial charge in [0.15, 0.2) is 0 Å². The van der Waals surface area contributed by atoms with Crippen molar-refractivity contribution in [1.82, 2.24) is 0 Å². The predicted octanol–water partition coefficient (Wildman–Crippen LogP) is 2.83. The summed E-state index contributed by atoms with van der Waals surface area (Å²) in [6.45, 7) is 4.73. The van der Waals surface area contributed by atoms with Crippen molar-refractivity contribution < 1.29 is 0 Å². The van der Waals surface area contributed by atoms with Crippen LogP contribution in [0, 0.1) is 17.3 Å². The summed E-state index contributed by atoms with van der Waals surface area (Å²) in [5.41, 5.74) is 0.940. The van der Waals surface area contributed by atoms with Gasteiger partial charge in [0.25, 0.3) is 0 Å². The fourth-order valence-electron chi connectivity index (χ4n) is 2.20. The van der Waals surface area contributed by atoms with E-state index >= 15 is 0 Å².